The molecule has 2 aromatic heterocycles. The molecular weight excluding hydrogens is 272 g/mol. The van der Waals surface area contributed by atoms with Gasteiger partial charge in [-0.05, 0) is 11.4 Å². The summed E-state index contributed by atoms with van der Waals surface area (Å²) in [6.07, 6.45) is 3.64. The first-order valence-electron chi connectivity index (χ1n) is 6.97. The summed E-state index contributed by atoms with van der Waals surface area (Å²) in [7, 11) is 0. The summed E-state index contributed by atoms with van der Waals surface area (Å²) in [6.45, 7) is 5.39. The van der Waals surface area contributed by atoms with E-state index in [4.69, 9.17) is 4.74 Å². The number of imidazole rings is 1. The summed E-state index contributed by atoms with van der Waals surface area (Å²) in [5, 5.41) is 5.65. The molecule has 0 spiro atoms. The SMILES string of the molecule is c1csc(C(CNCc2ncc[nH]2)N2CCOCC2)c1. The molecule has 0 radical (unpaired) electrons. The molecule has 5 nitrogen and oxygen atoms in total. The molecule has 0 amide bonds. The minimum absolute atomic E-state index is 0.425. The van der Waals surface area contributed by atoms with E-state index in [1.165, 1.54) is 4.88 Å². The van der Waals surface area contributed by atoms with Crippen molar-refractivity contribution in [2.75, 3.05) is 32.8 Å². The van der Waals surface area contributed by atoms with Gasteiger partial charge in [0, 0.05) is 36.9 Å². The highest BCUT2D eigenvalue weighted by Gasteiger charge is 2.22. The Morgan fingerprint density at radius 2 is 2.35 bits per heavy atom. The molecule has 6 heteroatoms. The average Bonchev–Trinajstić information content (AvgIpc) is 3.18. The Kier molecular flexibility index (Phi) is 4.81. The van der Waals surface area contributed by atoms with Gasteiger partial charge in [0.05, 0.1) is 25.8 Å². The van der Waals surface area contributed by atoms with E-state index in [1.54, 1.807) is 6.20 Å². The fourth-order valence-electron chi connectivity index (χ4n) is 2.50. The van der Waals surface area contributed by atoms with Crippen molar-refractivity contribution in [3.8, 4) is 0 Å². The lowest BCUT2D eigenvalue weighted by Gasteiger charge is -2.34. The van der Waals surface area contributed by atoms with Crippen LogP contribution in [0.25, 0.3) is 0 Å². The zero-order valence-corrected chi connectivity index (χ0v) is 12.2. The molecule has 0 bridgehead atoms. The van der Waals surface area contributed by atoms with Gasteiger partial charge in [0.1, 0.15) is 5.82 Å². The number of hydrogen-bond acceptors (Lipinski definition) is 5. The molecule has 1 unspecified atom stereocenters. The third-order valence-corrected chi connectivity index (χ3v) is 4.52. The van der Waals surface area contributed by atoms with Crippen LogP contribution in [0.2, 0.25) is 0 Å². The van der Waals surface area contributed by atoms with E-state index < -0.39 is 0 Å². The second-order valence-electron chi connectivity index (χ2n) is 4.85. The molecule has 1 aliphatic rings. The van der Waals surface area contributed by atoms with Gasteiger partial charge in [0.15, 0.2) is 0 Å². The second-order valence-corrected chi connectivity index (χ2v) is 5.83. The number of hydrogen-bond donors (Lipinski definition) is 2. The van der Waals surface area contributed by atoms with Crippen LogP contribution in [0.15, 0.2) is 29.9 Å². The molecule has 2 aromatic rings. The molecule has 0 saturated carbocycles. The summed E-state index contributed by atoms with van der Waals surface area (Å²) in [6, 6.07) is 4.77. The number of nitrogens with zero attached hydrogens (tertiary/aromatic N) is 2. The van der Waals surface area contributed by atoms with Crippen molar-refractivity contribution in [3.63, 3.8) is 0 Å². The Hall–Kier alpha value is -1.21. The Morgan fingerprint density at radius 1 is 1.45 bits per heavy atom. The molecular formula is C14H20N4OS. The van der Waals surface area contributed by atoms with Gasteiger partial charge < -0.3 is 15.0 Å². The van der Waals surface area contributed by atoms with Crippen LogP contribution in [0.5, 0.6) is 0 Å². The number of aromatic amines is 1. The van der Waals surface area contributed by atoms with Gasteiger partial charge in [-0.1, -0.05) is 6.07 Å². The summed E-state index contributed by atoms with van der Waals surface area (Å²) >= 11 is 1.83. The molecule has 3 rings (SSSR count). The number of thiophene rings is 1. The van der Waals surface area contributed by atoms with Crippen LogP contribution < -0.4 is 5.32 Å². The van der Waals surface area contributed by atoms with Crippen LogP contribution in [0.3, 0.4) is 0 Å². The molecule has 20 heavy (non-hydrogen) atoms. The van der Waals surface area contributed by atoms with Crippen LogP contribution in [0.4, 0.5) is 0 Å². The van der Waals surface area contributed by atoms with E-state index in [0.717, 1.165) is 45.2 Å². The highest BCUT2D eigenvalue weighted by atomic mass is 32.1. The normalized spacial score (nSPS) is 18.2. The Balaban J connectivity index is 1.60. The fourth-order valence-corrected chi connectivity index (χ4v) is 3.36. The maximum Gasteiger partial charge on any atom is 0.120 e. The number of aromatic nitrogens is 2. The van der Waals surface area contributed by atoms with E-state index in [-0.39, 0.29) is 0 Å². The zero-order valence-electron chi connectivity index (χ0n) is 11.4. The number of rotatable bonds is 6. The monoisotopic (exact) mass is 292 g/mol. The minimum atomic E-state index is 0.425. The molecule has 1 aliphatic heterocycles. The van der Waals surface area contributed by atoms with Crippen LogP contribution in [-0.4, -0.2) is 47.7 Å². The predicted octanol–water partition coefficient (Wildman–Crippen LogP) is 1.63. The lowest BCUT2D eigenvalue weighted by molar-refractivity contribution is 0.0168. The van der Waals surface area contributed by atoms with Gasteiger partial charge >= 0.3 is 0 Å². The fraction of sp³-hybridized carbons (Fsp3) is 0.500. The van der Waals surface area contributed by atoms with Crippen molar-refractivity contribution in [1.82, 2.24) is 20.2 Å². The second kappa shape index (κ2) is 6.99. The van der Waals surface area contributed by atoms with Crippen molar-refractivity contribution < 1.29 is 4.74 Å². The van der Waals surface area contributed by atoms with Gasteiger partial charge in [0.2, 0.25) is 0 Å². The van der Waals surface area contributed by atoms with Gasteiger partial charge in [0.25, 0.3) is 0 Å². The average molecular weight is 292 g/mol. The van der Waals surface area contributed by atoms with Crippen LogP contribution in [0, 0.1) is 0 Å². The molecule has 1 saturated heterocycles. The quantitative estimate of drug-likeness (QED) is 0.850. The van der Waals surface area contributed by atoms with Gasteiger partial charge in [-0.25, -0.2) is 4.98 Å². The standard InChI is InChI=1S/C14H20N4OS/c1-2-13(20-9-1)12(18-5-7-19-8-6-18)10-15-11-14-16-3-4-17-14/h1-4,9,12,15H,5-8,10-11H2,(H,16,17). The summed E-state index contributed by atoms with van der Waals surface area (Å²) in [5.41, 5.74) is 0. The number of H-pyrrole nitrogens is 1. The van der Waals surface area contributed by atoms with E-state index >= 15 is 0 Å². The molecule has 0 aromatic carbocycles. The molecule has 0 aliphatic carbocycles. The third-order valence-electron chi connectivity index (χ3n) is 3.54. The zero-order chi connectivity index (χ0) is 13.6. The highest BCUT2D eigenvalue weighted by Crippen LogP contribution is 2.25. The van der Waals surface area contributed by atoms with Crippen molar-refractivity contribution in [2.24, 2.45) is 0 Å². The molecule has 108 valence electrons. The Labute approximate surface area is 123 Å². The maximum atomic E-state index is 5.46. The van der Waals surface area contributed by atoms with Crippen molar-refractivity contribution in [3.05, 3.63) is 40.6 Å². The van der Waals surface area contributed by atoms with Gasteiger partial charge in [-0.15, -0.1) is 11.3 Å². The van der Waals surface area contributed by atoms with Crippen LogP contribution >= 0.6 is 11.3 Å². The molecule has 1 atom stereocenters. The van der Waals surface area contributed by atoms with E-state index in [9.17, 15) is 0 Å². The first-order valence-corrected chi connectivity index (χ1v) is 7.85. The topological polar surface area (TPSA) is 53.2 Å². The number of ether oxygens (including phenoxy) is 1. The van der Waals surface area contributed by atoms with Gasteiger partial charge in [-0.2, -0.15) is 0 Å². The summed E-state index contributed by atoms with van der Waals surface area (Å²) in [4.78, 5) is 11.3. The highest BCUT2D eigenvalue weighted by molar-refractivity contribution is 7.10. The Morgan fingerprint density at radius 3 is 3.05 bits per heavy atom. The van der Waals surface area contributed by atoms with Crippen molar-refractivity contribution in [1.29, 1.82) is 0 Å². The van der Waals surface area contributed by atoms with Crippen molar-refractivity contribution in [2.45, 2.75) is 12.6 Å². The molecule has 1 fully saturated rings. The summed E-state index contributed by atoms with van der Waals surface area (Å²) in [5.74, 6) is 0.983. The smallest absolute Gasteiger partial charge is 0.120 e. The minimum Gasteiger partial charge on any atom is -0.379 e. The van der Waals surface area contributed by atoms with Crippen LogP contribution in [-0.2, 0) is 11.3 Å². The third kappa shape index (κ3) is 3.46. The maximum absolute atomic E-state index is 5.46. The van der Waals surface area contributed by atoms with E-state index in [2.05, 4.69) is 37.7 Å². The first-order chi connectivity index (χ1) is 9.93. The number of morpholine rings is 1. The van der Waals surface area contributed by atoms with Crippen molar-refractivity contribution >= 4 is 11.3 Å². The molecule has 3 heterocycles. The Bertz CT molecular complexity index is 479. The summed E-state index contributed by atoms with van der Waals surface area (Å²) < 4.78 is 5.46. The predicted molar refractivity (Wildman–Crippen MR) is 79.7 cm³/mol. The largest absolute Gasteiger partial charge is 0.379 e. The van der Waals surface area contributed by atoms with E-state index in [0.29, 0.717) is 6.04 Å². The van der Waals surface area contributed by atoms with E-state index in [1.807, 2.05) is 17.5 Å². The first kappa shape index (κ1) is 13.8. The van der Waals surface area contributed by atoms with Crippen LogP contribution in [0.1, 0.15) is 16.7 Å². The van der Waals surface area contributed by atoms with Gasteiger partial charge in [-0.3, -0.25) is 4.90 Å². The number of nitrogens with one attached hydrogen (secondary N) is 2. The molecule has 2 N–H and O–H groups in total. The lowest BCUT2D eigenvalue weighted by Crippen LogP contribution is -2.42. The lowest BCUT2D eigenvalue weighted by atomic mass is 10.2.